The molecular weight excluding hydrogens is 168 g/mol. The molecule has 72 valence electrons. The summed E-state index contributed by atoms with van der Waals surface area (Å²) in [5.41, 5.74) is 0. The Kier molecular flexibility index (Phi) is 3.89. The molecule has 0 amide bonds. The van der Waals surface area contributed by atoms with E-state index in [1.165, 1.54) is 25.7 Å². The molecule has 4 unspecified atom stereocenters. The van der Waals surface area contributed by atoms with Gasteiger partial charge >= 0.3 is 0 Å². The lowest BCUT2D eigenvalue weighted by Crippen LogP contribution is -2.16. The van der Waals surface area contributed by atoms with Crippen LogP contribution in [0.1, 0.15) is 46.5 Å². The summed E-state index contributed by atoms with van der Waals surface area (Å²) < 4.78 is 0. The summed E-state index contributed by atoms with van der Waals surface area (Å²) in [5.74, 6) is 2.65. The molecule has 0 aromatic heterocycles. The van der Waals surface area contributed by atoms with Crippen molar-refractivity contribution in [2.75, 3.05) is 0 Å². The van der Waals surface area contributed by atoms with E-state index in [1.54, 1.807) is 0 Å². The predicted octanol–water partition coefficient (Wildman–Crippen LogP) is 4.08. The lowest BCUT2D eigenvalue weighted by Gasteiger charge is -2.24. The Balaban J connectivity index is 2.37. The van der Waals surface area contributed by atoms with Crippen LogP contribution in [0, 0.1) is 17.8 Å². The van der Waals surface area contributed by atoms with Gasteiger partial charge in [-0.05, 0) is 37.0 Å². The molecule has 0 N–H and O–H groups in total. The number of hydrogen-bond acceptors (Lipinski definition) is 0. The first-order valence-electron chi connectivity index (χ1n) is 5.29. The molecular formula is C11H21Cl. The van der Waals surface area contributed by atoms with Crippen LogP contribution in [-0.2, 0) is 0 Å². The third-order valence-electron chi connectivity index (χ3n) is 3.69. The topological polar surface area (TPSA) is 0 Å². The SMILES string of the molecule is CCC(C)C(C)C1CCC(Cl)C1. The first-order valence-corrected chi connectivity index (χ1v) is 5.72. The molecule has 0 aliphatic heterocycles. The Morgan fingerprint density at radius 3 is 2.42 bits per heavy atom. The van der Waals surface area contributed by atoms with Crippen molar-refractivity contribution in [2.24, 2.45) is 17.8 Å². The highest BCUT2D eigenvalue weighted by Gasteiger charge is 2.29. The Labute approximate surface area is 81.7 Å². The highest BCUT2D eigenvalue weighted by molar-refractivity contribution is 6.20. The minimum Gasteiger partial charge on any atom is -0.123 e. The van der Waals surface area contributed by atoms with E-state index in [4.69, 9.17) is 11.6 Å². The van der Waals surface area contributed by atoms with Crippen LogP contribution in [0.4, 0.5) is 0 Å². The van der Waals surface area contributed by atoms with E-state index in [2.05, 4.69) is 20.8 Å². The van der Waals surface area contributed by atoms with Gasteiger partial charge < -0.3 is 0 Å². The standard InChI is InChI=1S/C11H21Cl/c1-4-8(2)9(3)10-5-6-11(12)7-10/h8-11H,4-7H2,1-3H3. The molecule has 4 atom stereocenters. The van der Waals surface area contributed by atoms with E-state index in [0.29, 0.717) is 5.38 Å². The number of rotatable bonds is 3. The predicted molar refractivity (Wildman–Crippen MR) is 55.6 cm³/mol. The third kappa shape index (κ3) is 2.39. The van der Waals surface area contributed by atoms with Gasteiger partial charge in [0.15, 0.2) is 0 Å². The molecule has 0 saturated heterocycles. The Morgan fingerprint density at radius 2 is 2.00 bits per heavy atom. The highest BCUT2D eigenvalue weighted by atomic mass is 35.5. The van der Waals surface area contributed by atoms with Gasteiger partial charge in [0.2, 0.25) is 0 Å². The van der Waals surface area contributed by atoms with Gasteiger partial charge in [0, 0.05) is 5.38 Å². The van der Waals surface area contributed by atoms with Gasteiger partial charge in [-0.1, -0.05) is 27.2 Å². The van der Waals surface area contributed by atoms with Gasteiger partial charge in [0.25, 0.3) is 0 Å². The molecule has 1 fully saturated rings. The molecule has 0 bridgehead atoms. The van der Waals surface area contributed by atoms with Crippen molar-refractivity contribution < 1.29 is 0 Å². The Morgan fingerprint density at radius 1 is 1.33 bits per heavy atom. The van der Waals surface area contributed by atoms with Crippen LogP contribution in [0.5, 0.6) is 0 Å². The van der Waals surface area contributed by atoms with E-state index in [9.17, 15) is 0 Å². The van der Waals surface area contributed by atoms with Gasteiger partial charge in [-0.2, -0.15) is 0 Å². The fraction of sp³-hybridized carbons (Fsp3) is 1.00. The fourth-order valence-corrected chi connectivity index (χ4v) is 2.63. The lowest BCUT2D eigenvalue weighted by molar-refractivity contribution is 0.260. The Hall–Kier alpha value is 0.290. The molecule has 1 rings (SSSR count). The van der Waals surface area contributed by atoms with Crippen molar-refractivity contribution >= 4 is 11.6 Å². The van der Waals surface area contributed by atoms with Crippen LogP contribution in [-0.4, -0.2) is 5.38 Å². The summed E-state index contributed by atoms with van der Waals surface area (Å²) in [5, 5.41) is 0.474. The van der Waals surface area contributed by atoms with E-state index >= 15 is 0 Å². The molecule has 0 aromatic carbocycles. The monoisotopic (exact) mass is 188 g/mol. The first kappa shape index (κ1) is 10.4. The molecule has 0 aromatic rings. The molecule has 1 aliphatic carbocycles. The zero-order valence-electron chi connectivity index (χ0n) is 8.52. The van der Waals surface area contributed by atoms with Gasteiger partial charge in [-0.3, -0.25) is 0 Å². The minimum atomic E-state index is 0.474. The maximum absolute atomic E-state index is 6.10. The van der Waals surface area contributed by atoms with Crippen molar-refractivity contribution in [3.63, 3.8) is 0 Å². The minimum absolute atomic E-state index is 0.474. The molecule has 12 heavy (non-hydrogen) atoms. The van der Waals surface area contributed by atoms with Crippen LogP contribution < -0.4 is 0 Å². The van der Waals surface area contributed by atoms with E-state index in [0.717, 1.165) is 17.8 Å². The fourth-order valence-electron chi connectivity index (χ4n) is 2.27. The normalized spacial score (nSPS) is 35.0. The molecule has 1 aliphatic rings. The molecule has 0 radical (unpaired) electrons. The maximum atomic E-state index is 6.10. The Bertz CT molecular complexity index is 133. The first-order chi connectivity index (χ1) is 5.65. The second kappa shape index (κ2) is 4.50. The molecule has 0 heterocycles. The third-order valence-corrected chi connectivity index (χ3v) is 4.09. The average molecular weight is 189 g/mol. The highest BCUT2D eigenvalue weighted by Crippen LogP contribution is 2.38. The second-order valence-corrected chi connectivity index (χ2v) is 5.03. The summed E-state index contributed by atoms with van der Waals surface area (Å²) in [4.78, 5) is 0. The zero-order chi connectivity index (χ0) is 9.14. The summed E-state index contributed by atoms with van der Waals surface area (Å²) in [7, 11) is 0. The van der Waals surface area contributed by atoms with Crippen LogP contribution >= 0.6 is 11.6 Å². The number of alkyl halides is 1. The van der Waals surface area contributed by atoms with E-state index in [-0.39, 0.29) is 0 Å². The van der Waals surface area contributed by atoms with Crippen molar-refractivity contribution in [1.29, 1.82) is 0 Å². The van der Waals surface area contributed by atoms with Crippen molar-refractivity contribution in [3.8, 4) is 0 Å². The summed E-state index contributed by atoms with van der Waals surface area (Å²) in [6.07, 6.45) is 5.17. The summed E-state index contributed by atoms with van der Waals surface area (Å²) in [6.45, 7) is 7.05. The lowest BCUT2D eigenvalue weighted by atomic mass is 9.82. The van der Waals surface area contributed by atoms with Crippen molar-refractivity contribution in [3.05, 3.63) is 0 Å². The van der Waals surface area contributed by atoms with Crippen molar-refractivity contribution in [2.45, 2.75) is 51.8 Å². The number of hydrogen-bond donors (Lipinski definition) is 0. The summed E-state index contributed by atoms with van der Waals surface area (Å²) >= 11 is 6.10. The van der Waals surface area contributed by atoms with E-state index in [1.807, 2.05) is 0 Å². The number of halogens is 1. The van der Waals surface area contributed by atoms with Crippen LogP contribution in [0.3, 0.4) is 0 Å². The summed E-state index contributed by atoms with van der Waals surface area (Å²) in [6, 6.07) is 0. The van der Waals surface area contributed by atoms with Gasteiger partial charge in [-0.15, -0.1) is 11.6 Å². The van der Waals surface area contributed by atoms with Crippen LogP contribution in [0.25, 0.3) is 0 Å². The van der Waals surface area contributed by atoms with Crippen LogP contribution in [0.2, 0.25) is 0 Å². The second-order valence-electron chi connectivity index (χ2n) is 4.42. The smallest absolute Gasteiger partial charge is 0.0338 e. The molecule has 0 nitrogen and oxygen atoms in total. The largest absolute Gasteiger partial charge is 0.123 e. The maximum Gasteiger partial charge on any atom is 0.0338 e. The van der Waals surface area contributed by atoms with Crippen LogP contribution in [0.15, 0.2) is 0 Å². The van der Waals surface area contributed by atoms with Gasteiger partial charge in [-0.25, -0.2) is 0 Å². The molecule has 0 spiro atoms. The average Bonchev–Trinajstić information content (AvgIpc) is 2.49. The van der Waals surface area contributed by atoms with Crippen molar-refractivity contribution in [1.82, 2.24) is 0 Å². The van der Waals surface area contributed by atoms with E-state index < -0.39 is 0 Å². The quantitative estimate of drug-likeness (QED) is 0.586. The zero-order valence-corrected chi connectivity index (χ0v) is 9.27. The van der Waals surface area contributed by atoms with Gasteiger partial charge in [0.1, 0.15) is 0 Å². The molecule has 1 heteroatoms. The molecule has 1 saturated carbocycles. The van der Waals surface area contributed by atoms with Gasteiger partial charge in [0.05, 0.1) is 0 Å².